The summed E-state index contributed by atoms with van der Waals surface area (Å²) in [6, 6.07) is 5.83. The number of nitrogens with one attached hydrogen (secondary N) is 1. The van der Waals surface area contributed by atoms with Crippen LogP contribution >= 0.6 is 0 Å². The Kier molecular flexibility index (Phi) is 5.87. The van der Waals surface area contributed by atoms with Crippen molar-refractivity contribution in [3.8, 4) is 0 Å². The maximum absolute atomic E-state index is 14.0. The predicted octanol–water partition coefficient (Wildman–Crippen LogP) is 3.14. The Balaban J connectivity index is 1.70. The number of hydrogen-bond donors (Lipinski definition) is 1. The molecule has 0 aliphatic carbocycles. The molecular formula is C22H23FN2O5. The summed E-state index contributed by atoms with van der Waals surface area (Å²) in [5.41, 5.74) is 1.85. The summed E-state index contributed by atoms with van der Waals surface area (Å²) in [7, 11) is 0. The van der Waals surface area contributed by atoms with Crippen molar-refractivity contribution in [3.05, 3.63) is 52.6 Å². The summed E-state index contributed by atoms with van der Waals surface area (Å²) >= 11 is 0. The summed E-state index contributed by atoms with van der Waals surface area (Å²) in [4.78, 5) is 53.5. The quantitative estimate of drug-likeness (QED) is 0.579. The van der Waals surface area contributed by atoms with E-state index in [9.17, 15) is 23.6 Å². The van der Waals surface area contributed by atoms with E-state index in [0.717, 1.165) is 0 Å². The molecule has 1 fully saturated rings. The van der Waals surface area contributed by atoms with Gasteiger partial charge >= 0.3 is 5.97 Å². The van der Waals surface area contributed by atoms with Gasteiger partial charge in [0.1, 0.15) is 5.82 Å². The van der Waals surface area contributed by atoms with Crippen LogP contribution in [0.5, 0.6) is 0 Å². The molecule has 8 heteroatoms. The predicted molar refractivity (Wildman–Crippen MR) is 107 cm³/mol. The Bertz CT molecular complexity index is 1040. The second-order valence-corrected chi connectivity index (χ2v) is 7.48. The highest BCUT2D eigenvalue weighted by Gasteiger charge is 2.38. The van der Waals surface area contributed by atoms with E-state index >= 15 is 0 Å². The Morgan fingerprint density at radius 2 is 1.90 bits per heavy atom. The minimum absolute atomic E-state index is 0.0192. The fraction of sp³-hybridized carbons (Fsp3) is 0.364. The van der Waals surface area contributed by atoms with Crippen molar-refractivity contribution >= 4 is 29.1 Å². The largest absolute Gasteiger partial charge is 0.454 e. The number of anilines is 1. The zero-order chi connectivity index (χ0) is 22.2. The molecule has 3 rings (SSSR count). The third-order valence-corrected chi connectivity index (χ3v) is 5.30. The highest BCUT2D eigenvalue weighted by molar-refractivity contribution is 6.05. The number of hydrogen-bond acceptors (Lipinski definition) is 5. The molecule has 1 saturated heterocycles. The number of amides is 1. The first kappa shape index (κ1) is 21.4. The first-order valence-corrected chi connectivity index (χ1v) is 9.61. The average molecular weight is 414 g/mol. The van der Waals surface area contributed by atoms with Crippen LogP contribution in [0.3, 0.4) is 0 Å². The lowest BCUT2D eigenvalue weighted by Crippen LogP contribution is -2.31. The van der Waals surface area contributed by atoms with Gasteiger partial charge in [0.15, 0.2) is 11.9 Å². The average Bonchev–Trinajstić information content (AvgIpc) is 3.20. The molecule has 158 valence electrons. The zero-order valence-electron chi connectivity index (χ0n) is 17.2. The van der Waals surface area contributed by atoms with E-state index in [0.29, 0.717) is 16.8 Å². The molecule has 7 nitrogen and oxygen atoms in total. The summed E-state index contributed by atoms with van der Waals surface area (Å²) in [6.07, 6.45) is -1.23. The molecule has 2 aromatic rings. The third-order valence-electron chi connectivity index (χ3n) is 5.30. The molecule has 1 N–H and O–H groups in total. The van der Waals surface area contributed by atoms with Gasteiger partial charge in [-0.2, -0.15) is 0 Å². The van der Waals surface area contributed by atoms with E-state index in [-0.39, 0.29) is 36.0 Å². The van der Waals surface area contributed by atoms with Gasteiger partial charge in [0.05, 0.1) is 17.3 Å². The minimum Gasteiger partial charge on any atom is -0.454 e. The highest BCUT2D eigenvalue weighted by Crippen LogP contribution is 2.28. The number of halogens is 1. The van der Waals surface area contributed by atoms with E-state index in [1.165, 1.54) is 36.9 Å². The Morgan fingerprint density at radius 1 is 1.23 bits per heavy atom. The van der Waals surface area contributed by atoms with Crippen LogP contribution in [0.1, 0.15) is 52.4 Å². The molecule has 1 amide bonds. The lowest BCUT2D eigenvalue weighted by atomic mass is 10.0. The van der Waals surface area contributed by atoms with E-state index in [2.05, 4.69) is 4.98 Å². The summed E-state index contributed by atoms with van der Waals surface area (Å²) in [5.74, 6) is -3.07. The summed E-state index contributed by atoms with van der Waals surface area (Å²) in [6.45, 7) is 6.19. The topological polar surface area (TPSA) is 96.5 Å². The molecule has 1 aliphatic rings. The van der Waals surface area contributed by atoms with Crippen molar-refractivity contribution in [2.75, 3.05) is 11.4 Å². The number of nitrogens with zero attached hydrogens (tertiary/aromatic N) is 1. The Hall–Kier alpha value is -3.29. The fourth-order valence-electron chi connectivity index (χ4n) is 3.82. The van der Waals surface area contributed by atoms with E-state index in [1.807, 2.05) is 0 Å². The standard InChI is InChI=1S/C22H23FN2O5/c1-11-19(13(3)26)12(2)24-20(11)21(28)14(4)30-22(29)15-9-18(27)25(10-15)17-8-6-5-7-16(17)23/h5-8,14-15,24H,9-10H2,1-4H3/t14-,15-/m0/s1. The number of aromatic amines is 1. The Labute approximate surface area is 173 Å². The molecule has 1 aromatic carbocycles. The van der Waals surface area contributed by atoms with Crippen LogP contribution in [-0.2, 0) is 14.3 Å². The molecule has 2 atom stereocenters. The van der Waals surface area contributed by atoms with Crippen LogP contribution < -0.4 is 4.90 Å². The first-order valence-electron chi connectivity index (χ1n) is 9.61. The molecule has 1 aliphatic heterocycles. The van der Waals surface area contributed by atoms with Crippen LogP contribution in [0.15, 0.2) is 24.3 Å². The second-order valence-electron chi connectivity index (χ2n) is 7.48. The van der Waals surface area contributed by atoms with Gasteiger partial charge in [0.25, 0.3) is 0 Å². The van der Waals surface area contributed by atoms with E-state index in [1.54, 1.807) is 19.9 Å². The van der Waals surface area contributed by atoms with Gasteiger partial charge in [0, 0.05) is 24.2 Å². The van der Waals surface area contributed by atoms with Crippen molar-refractivity contribution in [1.29, 1.82) is 0 Å². The van der Waals surface area contributed by atoms with Crippen molar-refractivity contribution in [1.82, 2.24) is 4.98 Å². The van der Waals surface area contributed by atoms with Gasteiger partial charge in [0.2, 0.25) is 11.7 Å². The van der Waals surface area contributed by atoms with Crippen molar-refractivity contribution in [2.45, 2.75) is 40.2 Å². The molecule has 0 unspecified atom stereocenters. The van der Waals surface area contributed by atoms with Gasteiger partial charge < -0.3 is 14.6 Å². The molecule has 2 heterocycles. The van der Waals surface area contributed by atoms with Gasteiger partial charge in [-0.05, 0) is 45.4 Å². The highest BCUT2D eigenvalue weighted by atomic mass is 19.1. The van der Waals surface area contributed by atoms with Crippen LogP contribution in [0.25, 0.3) is 0 Å². The van der Waals surface area contributed by atoms with Gasteiger partial charge in [-0.1, -0.05) is 12.1 Å². The number of benzene rings is 1. The number of ketones is 2. The monoisotopic (exact) mass is 414 g/mol. The van der Waals surface area contributed by atoms with Crippen LogP contribution in [0.4, 0.5) is 10.1 Å². The van der Waals surface area contributed by atoms with Gasteiger partial charge in [-0.3, -0.25) is 19.2 Å². The number of para-hydroxylation sites is 1. The van der Waals surface area contributed by atoms with Crippen molar-refractivity contribution in [3.63, 3.8) is 0 Å². The number of ether oxygens (including phenoxy) is 1. The maximum atomic E-state index is 14.0. The number of carbonyl (C=O) groups excluding carboxylic acids is 4. The fourth-order valence-corrected chi connectivity index (χ4v) is 3.82. The van der Waals surface area contributed by atoms with Gasteiger partial charge in [-0.15, -0.1) is 0 Å². The number of aromatic nitrogens is 1. The van der Waals surface area contributed by atoms with Crippen molar-refractivity contribution in [2.24, 2.45) is 5.92 Å². The SMILES string of the molecule is CC(=O)c1c(C)[nH]c(C(=O)[C@H](C)OC(=O)[C@H]2CC(=O)N(c3ccccc3F)C2)c1C. The summed E-state index contributed by atoms with van der Waals surface area (Å²) < 4.78 is 19.3. The minimum atomic E-state index is -1.10. The number of rotatable bonds is 6. The zero-order valence-corrected chi connectivity index (χ0v) is 17.2. The molecule has 1 aromatic heterocycles. The molecule has 30 heavy (non-hydrogen) atoms. The van der Waals surface area contributed by atoms with Crippen molar-refractivity contribution < 1.29 is 28.3 Å². The molecule has 0 saturated carbocycles. The van der Waals surface area contributed by atoms with Gasteiger partial charge in [-0.25, -0.2) is 4.39 Å². The molecule has 0 spiro atoms. The lowest BCUT2D eigenvalue weighted by molar-refractivity contribution is -0.151. The number of H-pyrrole nitrogens is 1. The molecule has 0 radical (unpaired) electrons. The molecular weight excluding hydrogens is 391 g/mol. The number of Topliss-reactive ketones (excluding diaryl/α,β-unsaturated/α-hetero) is 2. The summed E-state index contributed by atoms with van der Waals surface area (Å²) in [5, 5.41) is 0. The number of esters is 1. The third kappa shape index (κ3) is 3.90. The lowest BCUT2D eigenvalue weighted by Gasteiger charge is -2.18. The van der Waals surface area contributed by atoms with E-state index < -0.39 is 29.6 Å². The first-order chi connectivity index (χ1) is 14.1. The maximum Gasteiger partial charge on any atom is 0.312 e. The number of carbonyl (C=O) groups is 4. The van der Waals surface area contributed by atoms with Crippen LogP contribution in [0.2, 0.25) is 0 Å². The Morgan fingerprint density at radius 3 is 2.50 bits per heavy atom. The van der Waals surface area contributed by atoms with E-state index in [4.69, 9.17) is 4.74 Å². The smallest absolute Gasteiger partial charge is 0.312 e. The normalized spacial score (nSPS) is 17.2. The van der Waals surface area contributed by atoms with Crippen LogP contribution in [-0.4, -0.2) is 41.1 Å². The second kappa shape index (κ2) is 8.22. The van der Waals surface area contributed by atoms with Crippen LogP contribution in [0, 0.1) is 25.6 Å². The number of aryl methyl sites for hydroxylation is 1. The molecule has 0 bridgehead atoms.